The highest BCUT2D eigenvalue weighted by Crippen LogP contribution is 2.06. The molecule has 1 aromatic rings. The van der Waals surface area contributed by atoms with E-state index >= 15 is 0 Å². The number of nitrogens with one attached hydrogen (secondary N) is 1. The molecule has 0 saturated heterocycles. The zero-order chi connectivity index (χ0) is 12.1. The summed E-state index contributed by atoms with van der Waals surface area (Å²) in [6.45, 7) is -0.425. The van der Waals surface area contributed by atoms with Gasteiger partial charge in [0.25, 0.3) is 0 Å². The van der Waals surface area contributed by atoms with Crippen molar-refractivity contribution in [3.8, 4) is 0 Å². The summed E-state index contributed by atoms with van der Waals surface area (Å²) < 4.78 is 4.44. The number of carbonyl (C=O) groups is 2. The Balaban J connectivity index is 2.67. The molecule has 0 fully saturated rings. The van der Waals surface area contributed by atoms with Gasteiger partial charge in [0.15, 0.2) is 5.78 Å². The van der Waals surface area contributed by atoms with Crippen molar-refractivity contribution in [1.82, 2.24) is 4.98 Å². The van der Waals surface area contributed by atoms with Gasteiger partial charge >= 0.3 is 5.97 Å². The number of aromatic amines is 1. The van der Waals surface area contributed by atoms with Crippen LogP contribution < -0.4 is 0 Å². The summed E-state index contributed by atoms with van der Waals surface area (Å²) in [4.78, 5) is 34.5. The number of carbonyl (C=O) groups excluding carboxylic acids is 2. The van der Waals surface area contributed by atoms with Crippen LogP contribution in [0.25, 0.3) is 0 Å². The number of aromatic nitrogens is 1. The maximum absolute atomic E-state index is 11.4. The Labute approximate surface area is 90.6 Å². The van der Waals surface area contributed by atoms with E-state index in [0.29, 0.717) is 0 Å². The van der Waals surface area contributed by atoms with Crippen molar-refractivity contribution in [2.75, 3.05) is 13.7 Å². The lowest BCUT2D eigenvalue weighted by Crippen LogP contribution is -2.09. The molecule has 1 rings (SSSR count). The van der Waals surface area contributed by atoms with Crippen molar-refractivity contribution in [1.29, 1.82) is 0 Å². The number of H-pyrrole nitrogens is 1. The normalized spacial score (nSPS) is 9.81. The summed E-state index contributed by atoms with van der Waals surface area (Å²) >= 11 is 0. The van der Waals surface area contributed by atoms with Gasteiger partial charge in [-0.3, -0.25) is 14.9 Å². The number of nitrogens with zero attached hydrogens (tertiary/aromatic N) is 1. The minimum absolute atomic E-state index is 0.145. The first-order valence-electron chi connectivity index (χ1n) is 4.47. The Bertz CT molecular complexity index is 423. The first kappa shape index (κ1) is 11.9. The van der Waals surface area contributed by atoms with E-state index in [0.717, 1.165) is 0 Å². The van der Waals surface area contributed by atoms with Crippen LogP contribution in [0.5, 0.6) is 0 Å². The molecule has 16 heavy (non-hydrogen) atoms. The Hall–Kier alpha value is -2.18. The standard InChI is InChI=1S/C9H10N2O5/c1-16-9(13)7-3-2-6(10-7)8(12)4-5-11(14)15/h2-3,10H,4-5H2,1H3. The van der Waals surface area contributed by atoms with Gasteiger partial charge in [-0.05, 0) is 12.1 Å². The van der Waals surface area contributed by atoms with E-state index in [1.807, 2.05) is 0 Å². The largest absolute Gasteiger partial charge is 0.464 e. The fourth-order valence-corrected chi connectivity index (χ4v) is 1.11. The predicted octanol–water partition coefficient (Wildman–Crippen LogP) is 0.651. The number of rotatable bonds is 5. The first-order chi connectivity index (χ1) is 7.54. The van der Waals surface area contributed by atoms with Gasteiger partial charge in [-0.15, -0.1) is 0 Å². The molecular weight excluding hydrogens is 216 g/mol. The molecule has 0 aliphatic rings. The molecule has 1 heterocycles. The molecule has 1 aromatic heterocycles. The van der Waals surface area contributed by atoms with Crippen molar-refractivity contribution in [2.45, 2.75) is 6.42 Å². The second-order valence-corrected chi connectivity index (χ2v) is 3.01. The fourth-order valence-electron chi connectivity index (χ4n) is 1.11. The highest BCUT2D eigenvalue weighted by molar-refractivity contribution is 5.96. The van der Waals surface area contributed by atoms with Crippen LogP contribution in [-0.2, 0) is 4.74 Å². The molecule has 1 N–H and O–H groups in total. The second kappa shape index (κ2) is 5.06. The van der Waals surface area contributed by atoms with Gasteiger partial charge in [0, 0.05) is 4.92 Å². The van der Waals surface area contributed by atoms with Gasteiger partial charge in [0.05, 0.1) is 19.2 Å². The van der Waals surface area contributed by atoms with Crippen molar-refractivity contribution >= 4 is 11.8 Å². The van der Waals surface area contributed by atoms with E-state index in [-0.39, 0.29) is 17.8 Å². The van der Waals surface area contributed by atoms with Crippen LogP contribution in [0.15, 0.2) is 12.1 Å². The number of methoxy groups -OCH3 is 1. The molecular formula is C9H10N2O5. The van der Waals surface area contributed by atoms with Gasteiger partial charge in [0.1, 0.15) is 5.69 Å². The predicted molar refractivity (Wildman–Crippen MR) is 52.9 cm³/mol. The Kier molecular flexibility index (Phi) is 3.76. The molecule has 0 spiro atoms. The summed E-state index contributed by atoms with van der Waals surface area (Å²) in [5, 5.41) is 10.1. The lowest BCUT2D eigenvalue weighted by Gasteiger charge is -1.95. The SMILES string of the molecule is COC(=O)c1ccc(C(=O)CC[N+](=O)[O-])[nH]1. The van der Waals surface area contributed by atoms with E-state index < -0.39 is 23.2 Å². The average Bonchev–Trinajstić information content (AvgIpc) is 2.74. The van der Waals surface area contributed by atoms with Gasteiger partial charge < -0.3 is 9.72 Å². The number of nitro groups is 1. The number of hydrogen-bond donors (Lipinski definition) is 1. The Morgan fingerprint density at radius 3 is 2.62 bits per heavy atom. The summed E-state index contributed by atoms with van der Waals surface area (Å²) in [7, 11) is 1.22. The van der Waals surface area contributed by atoms with Gasteiger partial charge in [-0.1, -0.05) is 0 Å². The fraction of sp³-hybridized carbons (Fsp3) is 0.333. The minimum atomic E-state index is -0.590. The van der Waals surface area contributed by atoms with Crippen LogP contribution in [0.4, 0.5) is 0 Å². The van der Waals surface area contributed by atoms with E-state index in [1.54, 1.807) is 0 Å². The van der Waals surface area contributed by atoms with Crippen LogP contribution in [0.2, 0.25) is 0 Å². The summed E-state index contributed by atoms with van der Waals surface area (Å²) in [5.74, 6) is -1.000. The highest BCUT2D eigenvalue weighted by Gasteiger charge is 2.14. The van der Waals surface area contributed by atoms with E-state index in [1.165, 1.54) is 19.2 Å². The van der Waals surface area contributed by atoms with Gasteiger partial charge in [0.2, 0.25) is 6.54 Å². The molecule has 7 heteroatoms. The second-order valence-electron chi connectivity index (χ2n) is 3.01. The molecule has 0 aliphatic heterocycles. The molecule has 0 aliphatic carbocycles. The molecule has 0 aromatic carbocycles. The monoisotopic (exact) mass is 226 g/mol. The van der Waals surface area contributed by atoms with Crippen LogP contribution in [0, 0.1) is 10.1 Å². The molecule has 0 amide bonds. The van der Waals surface area contributed by atoms with Crippen molar-refractivity contribution in [2.24, 2.45) is 0 Å². The smallest absolute Gasteiger partial charge is 0.354 e. The summed E-state index contributed by atoms with van der Waals surface area (Å²) in [5.41, 5.74) is 0.314. The third-order valence-electron chi connectivity index (χ3n) is 1.91. The Morgan fingerprint density at radius 2 is 2.06 bits per heavy atom. The van der Waals surface area contributed by atoms with Crippen molar-refractivity contribution in [3.05, 3.63) is 33.6 Å². The molecule has 7 nitrogen and oxygen atoms in total. The van der Waals surface area contributed by atoms with Crippen LogP contribution in [0.3, 0.4) is 0 Å². The average molecular weight is 226 g/mol. The zero-order valence-corrected chi connectivity index (χ0v) is 8.56. The lowest BCUT2D eigenvalue weighted by molar-refractivity contribution is -0.478. The van der Waals surface area contributed by atoms with Crippen LogP contribution in [-0.4, -0.2) is 35.3 Å². The number of ketones is 1. The number of Topliss-reactive ketones (excluding diaryl/α,β-unsaturated/α-hetero) is 1. The molecule has 0 saturated carbocycles. The van der Waals surface area contributed by atoms with Crippen LogP contribution >= 0.6 is 0 Å². The van der Waals surface area contributed by atoms with Gasteiger partial charge in [-0.25, -0.2) is 4.79 Å². The maximum atomic E-state index is 11.4. The van der Waals surface area contributed by atoms with Crippen molar-refractivity contribution < 1.29 is 19.2 Å². The maximum Gasteiger partial charge on any atom is 0.354 e. The van der Waals surface area contributed by atoms with Crippen molar-refractivity contribution in [3.63, 3.8) is 0 Å². The molecule has 0 bridgehead atoms. The summed E-state index contributed by atoms with van der Waals surface area (Å²) in [6, 6.07) is 2.79. The molecule has 0 unspecified atom stereocenters. The lowest BCUT2D eigenvalue weighted by atomic mass is 10.2. The van der Waals surface area contributed by atoms with E-state index in [9.17, 15) is 19.7 Å². The number of esters is 1. The van der Waals surface area contributed by atoms with E-state index in [4.69, 9.17) is 0 Å². The van der Waals surface area contributed by atoms with Crippen LogP contribution in [0.1, 0.15) is 27.4 Å². The minimum Gasteiger partial charge on any atom is -0.464 e. The topological polar surface area (TPSA) is 102 Å². The zero-order valence-electron chi connectivity index (χ0n) is 8.56. The number of hydrogen-bond acceptors (Lipinski definition) is 5. The Morgan fingerprint density at radius 1 is 1.44 bits per heavy atom. The molecule has 0 radical (unpaired) electrons. The summed E-state index contributed by atoms with van der Waals surface area (Å²) in [6.07, 6.45) is -0.200. The van der Waals surface area contributed by atoms with E-state index in [2.05, 4.69) is 9.72 Å². The molecule has 0 atom stereocenters. The number of ether oxygens (including phenoxy) is 1. The van der Waals surface area contributed by atoms with Gasteiger partial charge in [-0.2, -0.15) is 0 Å². The third kappa shape index (κ3) is 2.91. The highest BCUT2D eigenvalue weighted by atomic mass is 16.6. The quantitative estimate of drug-likeness (QED) is 0.343. The third-order valence-corrected chi connectivity index (χ3v) is 1.91. The molecule has 86 valence electrons. The first-order valence-corrected chi connectivity index (χ1v) is 4.47.